The van der Waals surface area contributed by atoms with Gasteiger partial charge in [0.15, 0.2) is 6.61 Å². The standard InChI is InChI=1S/C22H17NO7/c24-20(13-29-19-11-14(21(25)26)10-15(12-19)22(27)28)23-16-6-8-18(9-7-16)30-17-4-2-1-3-5-17/h1-12H,13H2,(H,23,24)(H,25,26)(H,27,28). The van der Waals surface area contributed by atoms with Gasteiger partial charge in [0.25, 0.3) is 5.91 Å². The SMILES string of the molecule is O=C(COc1cc(C(=O)O)cc(C(=O)O)c1)Nc1ccc(Oc2ccccc2)cc1. The highest BCUT2D eigenvalue weighted by Crippen LogP contribution is 2.23. The minimum atomic E-state index is -1.30. The summed E-state index contributed by atoms with van der Waals surface area (Å²) in [6.45, 7) is -0.426. The van der Waals surface area contributed by atoms with E-state index in [9.17, 15) is 14.4 Å². The Morgan fingerprint density at radius 1 is 0.733 bits per heavy atom. The Morgan fingerprint density at radius 2 is 1.30 bits per heavy atom. The monoisotopic (exact) mass is 407 g/mol. The molecule has 3 rings (SSSR count). The zero-order valence-corrected chi connectivity index (χ0v) is 15.6. The number of carbonyl (C=O) groups excluding carboxylic acids is 1. The molecule has 0 saturated carbocycles. The molecule has 3 aromatic carbocycles. The molecule has 0 aliphatic carbocycles. The van der Waals surface area contributed by atoms with Gasteiger partial charge in [-0.2, -0.15) is 0 Å². The molecule has 0 aliphatic heterocycles. The van der Waals surface area contributed by atoms with E-state index in [0.29, 0.717) is 17.2 Å². The van der Waals surface area contributed by atoms with Crippen LogP contribution in [0.3, 0.4) is 0 Å². The summed E-state index contributed by atoms with van der Waals surface area (Å²) in [6, 6.07) is 19.3. The second kappa shape index (κ2) is 9.24. The molecule has 0 aromatic heterocycles. The molecule has 0 atom stereocenters. The molecule has 3 N–H and O–H groups in total. The molecule has 0 saturated heterocycles. The first kappa shape index (κ1) is 20.4. The van der Waals surface area contributed by atoms with Gasteiger partial charge in [0, 0.05) is 5.69 Å². The number of aromatic carboxylic acids is 2. The van der Waals surface area contributed by atoms with Crippen LogP contribution in [0.4, 0.5) is 5.69 Å². The Balaban J connectivity index is 1.58. The maximum atomic E-state index is 12.1. The van der Waals surface area contributed by atoms with E-state index in [1.165, 1.54) is 0 Å². The number of anilines is 1. The lowest BCUT2D eigenvalue weighted by molar-refractivity contribution is -0.118. The van der Waals surface area contributed by atoms with E-state index in [1.807, 2.05) is 30.3 Å². The third-order valence-corrected chi connectivity index (χ3v) is 3.89. The number of para-hydroxylation sites is 1. The van der Waals surface area contributed by atoms with Gasteiger partial charge in [-0.25, -0.2) is 9.59 Å². The second-order valence-electron chi connectivity index (χ2n) is 6.13. The minimum absolute atomic E-state index is 0.0333. The van der Waals surface area contributed by atoms with Gasteiger partial charge in [-0.3, -0.25) is 4.79 Å². The smallest absolute Gasteiger partial charge is 0.335 e. The van der Waals surface area contributed by atoms with E-state index in [0.717, 1.165) is 18.2 Å². The highest BCUT2D eigenvalue weighted by Gasteiger charge is 2.13. The number of rotatable bonds is 8. The summed E-state index contributed by atoms with van der Waals surface area (Å²) in [5.41, 5.74) is 0.00755. The highest BCUT2D eigenvalue weighted by molar-refractivity contribution is 5.95. The van der Waals surface area contributed by atoms with Crippen molar-refractivity contribution in [3.8, 4) is 17.2 Å². The first-order chi connectivity index (χ1) is 14.4. The van der Waals surface area contributed by atoms with Crippen LogP contribution in [0, 0.1) is 0 Å². The Labute approximate surface area is 171 Å². The highest BCUT2D eigenvalue weighted by atomic mass is 16.5. The number of hydrogen-bond acceptors (Lipinski definition) is 5. The lowest BCUT2D eigenvalue weighted by Crippen LogP contribution is -2.20. The lowest BCUT2D eigenvalue weighted by Gasteiger charge is -2.10. The average molecular weight is 407 g/mol. The maximum absolute atomic E-state index is 12.1. The van der Waals surface area contributed by atoms with E-state index in [4.69, 9.17) is 19.7 Å². The zero-order valence-electron chi connectivity index (χ0n) is 15.6. The van der Waals surface area contributed by atoms with Crippen LogP contribution in [0.1, 0.15) is 20.7 Å². The van der Waals surface area contributed by atoms with Gasteiger partial charge in [-0.15, -0.1) is 0 Å². The van der Waals surface area contributed by atoms with Crippen molar-refractivity contribution in [1.82, 2.24) is 0 Å². The summed E-state index contributed by atoms with van der Waals surface area (Å²) in [5.74, 6) is -1.84. The van der Waals surface area contributed by atoms with Gasteiger partial charge in [0.05, 0.1) is 11.1 Å². The molecule has 0 spiro atoms. The normalized spacial score (nSPS) is 10.1. The predicted molar refractivity (Wildman–Crippen MR) is 107 cm³/mol. The molecule has 152 valence electrons. The third-order valence-electron chi connectivity index (χ3n) is 3.89. The number of amides is 1. The van der Waals surface area contributed by atoms with Gasteiger partial charge in [-0.05, 0) is 54.6 Å². The number of hydrogen-bond donors (Lipinski definition) is 3. The topological polar surface area (TPSA) is 122 Å². The number of nitrogens with one attached hydrogen (secondary N) is 1. The molecule has 0 unspecified atom stereocenters. The fourth-order valence-electron chi connectivity index (χ4n) is 2.51. The summed E-state index contributed by atoms with van der Waals surface area (Å²) >= 11 is 0. The summed E-state index contributed by atoms with van der Waals surface area (Å²) < 4.78 is 10.9. The molecule has 0 radical (unpaired) electrons. The van der Waals surface area contributed by atoms with Crippen molar-refractivity contribution in [2.45, 2.75) is 0 Å². The fraction of sp³-hybridized carbons (Fsp3) is 0.0455. The van der Waals surface area contributed by atoms with Crippen LogP contribution in [0.25, 0.3) is 0 Å². The molecular weight excluding hydrogens is 390 g/mol. The van der Waals surface area contributed by atoms with Crippen LogP contribution in [0.15, 0.2) is 72.8 Å². The fourth-order valence-corrected chi connectivity index (χ4v) is 2.51. The van der Waals surface area contributed by atoms with Crippen LogP contribution in [-0.2, 0) is 4.79 Å². The lowest BCUT2D eigenvalue weighted by atomic mass is 10.1. The van der Waals surface area contributed by atoms with Gasteiger partial charge < -0.3 is 25.0 Å². The molecule has 1 amide bonds. The van der Waals surface area contributed by atoms with Crippen molar-refractivity contribution in [1.29, 1.82) is 0 Å². The minimum Gasteiger partial charge on any atom is -0.484 e. The second-order valence-corrected chi connectivity index (χ2v) is 6.13. The molecule has 3 aromatic rings. The predicted octanol–water partition coefficient (Wildman–Crippen LogP) is 3.89. The zero-order chi connectivity index (χ0) is 21.5. The number of benzene rings is 3. The Hall–Kier alpha value is -4.33. The van der Waals surface area contributed by atoms with Crippen molar-refractivity contribution in [2.24, 2.45) is 0 Å². The molecule has 0 bridgehead atoms. The summed E-state index contributed by atoms with van der Waals surface area (Å²) in [6.07, 6.45) is 0. The van der Waals surface area contributed by atoms with Gasteiger partial charge in [0.1, 0.15) is 17.2 Å². The molecular formula is C22H17NO7. The molecule has 8 nitrogen and oxygen atoms in total. The van der Waals surface area contributed by atoms with E-state index in [2.05, 4.69) is 5.32 Å². The van der Waals surface area contributed by atoms with Crippen LogP contribution in [0.5, 0.6) is 17.2 Å². The molecule has 0 fully saturated rings. The van der Waals surface area contributed by atoms with Gasteiger partial charge in [0.2, 0.25) is 0 Å². The molecule has 0 heterocycles. The third kappa shape index (κ3) is 5.59. The van der Waals surface area contributed by atoms with Crippen molar-refractivity contribution in [3.05, 3.63) is 83.9 Å². The summed E-state index contributed by atoms with van der Waals surface area (Å²) in [4.78, 5) is 34.3. The van der Waals surface area contributed by atoms with Crippen molar-refractivity contribution < 1.29 is 34.1 Å². The van der Waals surface area contributed by atoms with Gasteiger partial charge >= 0.3 is 11.9 Å². The largest absolute Gasteiger partial charge is 0.484 e. The van der Waals surface area contributed by atoms with Crippen molar-refractivity contribution in [2.75, 3.05) is 11.9 Å². The van der Waals surface area contributed by atoms with Gasteiger partial charge in [-0.1, -0.05) is 18.2 Å². The van der Waals surface area contributed by atoms with Crippen LogP contribution >= 0.6 is 0 Å². The quantitative estimate of drug-likeness (QED) is 0.518. The van der Waals surface area contributed by atoms with Crippen LogP contribution in [0.2, 0.25) is 0 Å². The number of carboxylic acid groups (broad SMARTS) is 2. The first-order valence-electron chi connectivity index (χ1n) is 8.78. The van der Waals surface area contributed by atoms with Crippen molar-refractivity contribution >= 4 is 23.5 Å². The van der Waals surface area contributed by atoms with Crippen molar-refractivity contribution in [3.63, 3.8) is 0 Å². The van der Waals surface area contributed by atoms with Crippen LogP contribution in [-0.4, -0.2) is 34.7 Å². The Morgan fingerprint density at radius 3 is 1.87 bits per heavy atom. The summed E-state index contributed by atoms with van der Waals surface area (Å²) in [5, 5.41) is 20.8. The molecule has 30 heavy (non-hydrogen) atoms. The number of carboxylic acids is 2. The Bertz CT molecular complexity index is 1030. The maximum Gasteiger partial charge on any atom is 0.335 e. The summed E-state index contributed by atoms with van der Waals surface area (Å²) in [7, 11) is 0. The number of carbonyl (C=O) groups is 3. The van der Waals surface area contributed by atoms with E-state index >= 15 is 0 Å². The molecule has 0 aliphatic rings. The van der Waals surface area contributed by atoms with E-state index in [-0.39, 0.29) is 16.9 Å². The number of ether oxygens (including phenoxy) is 2. The van der Waals surface area contributed by atoms with Crippen LogP contribution < -0.4 is 14.8 Å². The Kier molecular flexibility index (Phi) is 6.29. The van der Waals surface area contributed by atoms with E-state index in [1.54, 1.807) is 24.3 Å². The first-order valence-corrected chi connectivity index (χ1v) is 8.78. The average Bonchev–Trinajstić information content (AvgIpc) is 2.74. The van der Waals surface area contributed by atoms with E-state index < -0.39 is 24.5 Å². The molecule has 8 heteroatoms.